The number of amides is 2. The molecule has 1 aliphatic rings. The van der Waals surface area contributed by atoms with E-state index < -0.39 is 39.9 Å². The highest BCUT2D eigenvalue weighted by Crippen LogP contribution is 2.31. The minimum atomic E-state index is -1.77. The molecule has 8 nitrogen and oxygen atoms in total. The summed E-state index contributed by atoms with van der Waals surface area (Å²) in [7, 11) is 1.18. The van der Waals surface area contributed by atoms with Gasteiger partial charge in [0, 0.05) is 0 Å². The fourth-order valence-electron chi connectivity index (χ4n) is 1.78. The normalized spacial score (nSPS) is 19.6. The largest absolute Gasteiger partial charge is 0.464 e. The van der Waals surface area contributed by atoms with E-state index in [0.717, 1.165) is 4.90 Å². The minimum Gasteiger partial charge on any atom is -0.464 e. The number of carbonyl (C=O) groups is 3. The number of alkyl carbamates (subject to hydrolysis) is 1. The summed E-state index contributed by atoms with van der Waals surface area (Å²) in [6.07, 6.45) is -0.975. The molecular formula is C12H16Cl4N2O6. The standard InChI is InChI=1S/C12H14Cl4N2O5.H2O/c1-5(2)7(10(20)22-3)18-8(13)6(9(18)19)17-11(21)23-4-12(14,15)16;/h6,8H,4H2,1-3H3,(H,17,21);1H2/t6-,8+;/m1./s1. The molecule has 1 saturated heterocycles. The monoisotopic (exact) mass is 424 g/mol. The lowest BCUT2D eigenvalue weighted by Gasteiger charge is -2.43. The van der Waals surface area contributed by atoms with Gasteiger partial charge in [-0.1, -0.05) is 46.4 Å². The van der Waals surface area contributed by atoms with Crippen LogP contribution in [0, 0.1) is 0 Å². The van der Waals surface area contributed by atoms with E-state index in [9.17, 15) is 14.4 Å². The highest BCUT2D eigenvalue weighted by Gasteiger charge is 2.51. The summed E-state index contributed by atoms with van der Waals surface area (Å²) in [5.74, 6) is -1.29. The third-order valence-electron chi connectivity index (χ3n) is 2.76. The number of alkyl halides is 4. The fraction of sp³-hybridized carbons (Fsp3) is 0.583. The van der Waals surface area contributed by atoms with Crippen LogP contribution in [-0.4, -0.2) is 57.4 Å². The molecular weight excluding hydrogens is 410 g/mol. The summed E-state index contributed by atoms with van der Waals surface area (Å²) in [6, 6.07) is -1.07. The van der Waals surface area contributed by atoms with Crippen molar-refractivity contribution < 1.29 is 29.3 Å². The highest BCUT2D eigenvalue weighted by atomic mass is 35.6. The first-order chi connectivity index (χ1) is 10.5. The Hall–Kier alpha value is -0.930. The second kappa shape index (κ2) is 8.96. The van der Waals surface area contributed by atoms with Gasteiger partial charge < -0.3 is 20.3 Å². The summed E-state index contributed by atoms with van der Waals surface area (Å²) in [5.41, 5.74) is -0.426. The van der Waals surface area contributed by atoms with E-state index in [2.05, 4.69) is 14.8 Å². The predicted molar refractivity (Wildman–Crippen MR) is 89.1 cm³/mol. The Bertz CT molecular complexity index is 544. The van der Waals surface area contributed by atoms with Crippen LogP contribution in [0.1, 0.15) is 13.8 Å². The zero-order valence-electron chi connectivity index (χ0n) is 12.9. The molecule has 0 aliphatic carbocycles. The number of nitrogens with one attached hydrogen (secondary N) is 1. The van der Waals surface area contributed by atoms with Gasteiger partial charge in [0.25, 0.3) is 5.91 Å². The van der Waals surface area contributed by atoms with E-state index in [1.807, 2.05) is 0 Å². The fourth-order valence-corrected chi connectivity index (χ4v) is 2.30. The number of carbonyl (C=O) groups excluding carboxylic acids is 3. The number of hydrogen-bond acceptors (Lipinski definition) is 5. The second-order valence-electron chi connectivity index (χ2n) is 4.73. The van der Waals surface area contributed by atoms with E-state index >= 15 is 0 Å². The lowest BCUT2D eigenvalue weighted by atomic mass is 10.0. The van der Waals surface area contributed by atoms with Crippen LogP contribution >= 0.6 is 46.4 Å². The van der Waals surface area contributed by atoms with Crippen molar-refractivity contribution in [1.82, 2.24) is 10.2 Å². The number of hydrogen-bond donors (Lipinski definition) is 1. The Morgan fingerprint density at radius 2 is 1.83 bits per heavy atom. The van der Waals surface area contributed by atoms with E-state index in [4.69, 9.17) is 46.4 Å². The molecule has 3 N–H and O–H groups in total. The summed E-state index contributed by atoms with van der Waals surface area (Å²) in [4.78, 5) is 36.4. The zero-order valence-corrected chi connectivity index (χ0v) is 15.9. The van der Waals surface area contributed by atoms with Crippen molar-refractivity contribution in [3.63, 3.8) is 0 Å². The molecule has 1 aliphatic heterocycles. The molecule has 0 saturated carbocycles. The van der Waals surface area contributed by atoms with Crippen LogP contribution in [0.2, 0.25) is 0 Å². The van der Waals surface area contributed by atoms with Gasteiger partial charge >= 0.3 is 12.1 Å². The molecule has 12 heteroatoms. The lowest BCUT2D eigenvalue weighted by Crippen LogP contribution is -2.68. The highest BCUT2D eigenvalue weighted by molar-refractivity contribution is 6.67. The Labute approximate surface area is 158 Å². The number of allylic oxidation sites excluding steroid dienone is 1. The molecule has 24 heavy (non-hydrogen) atoms. The number of likely N-dealkylation sites (tertiary alicyclic amines) is 1. The van der Waals surface area contributed by atoms with Crippen LogP contribution in [0.5, 0.6) is 0 Å². The topological polar surface area (TPSA) is 116 Å². The average molecular weight is 426 g/mol. The van der Waals surface area contributed by atoms with E-state index in [-0.39, 0.29) is 11.2 Å². The molecule has 1 rings (SSSR count). The molecule has 1 fully saturated rings. The van der Waals surface area contributed by atoms with Crippen LogP contribution in [-0.2, 0) is 19.1 Å². The van der Waals surface area contributed by atoms with Crippen molar-refractivity contribution in [3.8, 4) is 0 Å². The first-order valence-corrected chi connectivity index (χ1v) is 7.79. The van der Waals surface area contributed by atoms with Gasteiger partial charge in [-0.15, -0.1) is 0 Å². The Morgan fingerprint density at radius 1 is 1.29 bits per heavy atom. The van der Waals surface area contributed by atoms with Crippen molar-refractivity contribution in [2.45, 2.75) is 29.2 Å². The van der Waals surface area contributed by atoms with Gasteiger partial charge in [-0.25, -0.2) is 9.59 Å². The molecule has 0 bridgehead atoms. The molecule has 1 heterocycles. The van der Waals surface area contributed by atoms with Gasteiger partial charge in [0.1, 0.15) is 23.8 Å². The minimum absolute atomic E-state index is 0. The number of halogens is 4. The van der Waals surface area contributed by atoms with E-state index in [0.29, 0.717) is 5.57 Å². The molecule has 138 valence electrons. The Kier molecular flexibility index (Phi) is 8.61. The molecule has 0 aromatic rings. The molecule has 0 spiro atoms. The van der Waals surface area contributed by atoms with Crippen molar-refractivity contribution in [3.05, 3.63) is 11.3 Å². The number of methoxy groups -OCH3 is 1. The SMILES string of the molecule is COC(=O)C(=C(C)C)N1C(=O)[C@H](NC(=O)OCC(Cl)(Cl)Cl)[C@H]1Cl.O. The molecule has 0 radical (unpaired) electrons. The second-order valence-corrected chi connectivity index (χ2v) is 7.70. The van der Waals surface area contributed by atoms with Gasteiger partial charge in [-0.05, 0) is 19.4 Å². The molecule has 0 unspecified atom stereocenters. The summed E-state index contributed by atoms with van der Waals surface area (Å²) >= 11 is 22.4. The van der Waals surface area contributed by atoms with Gasteiger partial charge in [0.2, 0.25) is 3.79 Å². The van der Waals surface area contributed by atoms with E-state index in [1.165, 1.54) is 7.11 Å². The smallest absolute Gasteiger partial charge is 0.408 e. The van der Waals surface area contributed by atoms with E-state index in [1.54, 1.807) is 13.8 Å². The number of esters is 1. The zero-order chi connectivity index (χ0) is 17.9. The first kappa shape index (κ1) is 23.1. The summed E-state index contributed by atoms with van der Waals surface area (Å²) < 4.78 is 7.49. The van der Waals surface area contributed by atoms with Crippen LogP contribution < -0.4 is 5.32 Å². The Morgan fingerprint density at radius 3 is 2.21 bits per heavy atom. The Balaban J connectivity index is 0.00000529. The predicted octanol–water partition coefficient (Wildman–Crippen LogP) is 1.50. The summed E-state index contributed by atoms with van der Waals surface area (Å²) in [6.45, 7) is 2.75. The lowest BCUT2D eigenvalue weighted by molar-refractivity contribution is -0.150. The van der Waals surface area contributed by atoms with Crippen molar-refractivity contribution in [2.24, 2.45) is 0 Å². The first-order valence-electron chi connectivity index (χ1n) is 6.22. The number of ether oxygens (including phenoxy) is 2. The quantitative estimate of drug-likeness (QED) is 0.241. The maximum atomic E-state index is 12.1. The van der Waals surface area contributed by atoms with Crippen LogP contribution in [0.15, 0.2) is 11.3 Å². The van der Waals surface area contributed by atoms with Gasteiger partial charge in [-0.3, -0.25) is 9.69 Å². The third kappa shape index (κ3) is 5.56. The van der Waals surface area contributed by atoms with Crippen molar-refractivity contribution >= 4 is 64.4 Å². The third-order valence-corrected chi connectivity index (χ3v) is 3.53. The van der Waals surface area contributed by atoms with Crippen LogP contribution in [0.25, 0.3) is 0 Å². The number of nitrogens with zero attached hydrogens (tertiary/aromatic N) is 1. The maximum Gasteiger partial charge on any atom is 0.408 e. The number of β-lactam (4-membered cyclic amide) rings is 1. The molecule has 0 aromatic carbocycles. The molecule has 2 atom stereocenters. The number of rotatable bonds is 4. The van der Waals surface area contributed by atoms with Gasteiger partial charge in [0.05, 0.1) is 7.11 Å². The molecule has 2 amide bonds. The van der Waals surface area contributed by atoms with Crippen molar-refractivity contribution in [2.75, 3.05) is 13.7 Å². The van der Waals surface area contributed by atoms with Gasteiger partial charge in [-0.2, -0.15) is 0 Å². The van der Waals surface area contributed by atoms with Crippen molar-refractivity contribution in [1.29, 1.82) is 0 Å². The summed E-state index contributed by atoms with van der Waals surface area (Å²) in [5, 5.41) is 2.23. The van der Waals surface area contributed by atoms with Gasteiger partial charge in [0.15, 0.2) is 0 Å². The maximum absolute atomic E-state index is 12.1. The van der Waals surface area contributed by atoms with Crippen LogP contribution in [0.3, 0.4) is 0 Å². The average Bonchev–Trinajstić information content (AvgIpc) is 2.45. The van der Waals surface area contributed by atoms with Crippen LogP contribution in [0.4, 0.5) is 4.79 Å². The molecule has 0 aromatic heterocycles.